The number of thiocarbonyl (C=S) groups is 1. The molecule has 1 saturated carbocycles. The number of aryl methyl sites for hydroxylation is 1. The van der Waals surface area contributed by atoms with Crippen molar-refractivity contribution in [3.8, 4) is 373 Å². The molecule has 2 atom stereocenters. The zero-order valence-corrected chi connectivity index (χ0v) is 50.8. The standard InChI is InChI=1S/C64H3N.C23H20F3N3OS/c1-2-3-4-5-6-7-8-9-10-11-12-13-14-15-16-17-18-19-20-21-22-23-24-25-26-27-28-29-30-31-32-33-34-35-36-37-38-39-40-41-42-43-44-45-46-47-48-49-50-51-52-53-54-55-56-57-58-59-60-61-62-63-64-65;1-14-6-8-16(9-7-14)29-21(31)28(20(30)22(29)12-4-5-15(22)2)17-10-11-19(27-3)18(13-17)23(24,25)26/h1H3;6-11,13,15H,4-5,12H2,1-2H3. The highest BCUT2D eigenvalue weighted by atomic mass is 32.1. The van der Waals surface area contributed by atoms with Gasteiger partial charge < -0.3 is 4.90 Å². The summed E-state index contributed by atoms with van der Waals surface area (Å²) in [7, 11) is 0. The van der Waals surface area contributed by atoms with E-state index in [0.717, 1.165) is 36.2 Å². The molecule has 1 aliphatic carbocycles. The van der Waals surface area contributed by atoms with Crippen LogP contribution < -0.4 is 9.80 Å². The van der Waals surface area contributed by atoms with Crippen molar-refractivity contribution in [3.63, 3.8) is 0 Å². The van der Waals surface area contributed by atoms with Gasteiger partial charge in [0.1, 0.15) is 5.54 Å². The molecule has 424 valence electrons. The van der Waals surface area contributed by atoms with E-state index in [1.807, 2.05) is 43.0 Å². The number of hydrogen-bond acceptors (Lipinski definition) is 3. The minimum absolute atomic E-state index is 0.0196. The lowest BCUT2D eigenvalue weighted by molar-refractivity contribution is -0.136. The minimum atomic E-state index is -4.71. The summed E-state index contributed by atoms with van der Waals surface area (Å²) in [5.74, 6) is 154. The lowest BCUT2D eigenvalue weighted by atomic mass is 9.86. The van der Waals surface area contributed by atoms with Crippen molar-refractivity contribution in [2.24, 2.45) is 5.92 Å². The molecule has 0 radical (unpaired) electrons. The topological polar surface area (TPSA) is 51.7 Å². The van der Waals surface area contributed by atoms with E-state index in [9.17, 15) is 18.0 Å². The van der Waals surface area contributed by atoms with Gasteiger partial charge in [0.25, 0.3) is 5.91 Å². The summed E-state index contributed by atoms with van der Waals surface area (Å²) in [6.07, 6.45) is -2.48. The van der Waals surface area contributed by atoms with Crippen molar-refractivity contribution in [2.45, 2.75) is 51.7 Å². The number of benzene rings is 2. The Kier molecular flexibility index (Phi) is 35.9. The quantitative estimate of drug-likeness (QED) is 0.187. The van der Waals surface area contributed by atoms with E-state index in [2.05, 4.69) is 372 Å². The summed E-state index contributed by atoms with van der Waals surface area (Å²) in [4.78, 5) is 19.8. The first kappa shape index (κ1) is 73.2. The number of carbonyl (C=O) groups is 1. The maximum absolute atomic E-state index is 13.8. The number of nitrogens with zero attached hydrogens (tertiary/aromatic N) is 4. The molecule has 2 unspecified atom stereocenters. The summed E-state index contributed by atoms with van der Waals surface area (Å²) < 4.78 is 40.6. The zero-order chi connectivity index (χ0) is 69.1. The Hall–Kier alpha value is -17.1. The van der Waals surface area contributed by atoms with Crippen molar-refractivity contribution in [2.75, 3.05) is 9.80 Å². The number of anilines is 2. The molecule has 2 aromatic carbocycles. The fraction of sp³-hybridized carbons (Fsp3) is 0.103. The Bertz CT molecular complexity index is 5910. The van der Waals surface area contributed by atoms with Crippen molar-refractivity contribution >= 4 is 40.3 Å². The smallest absolute Gasteiger partial charge is 0.303 e. The van der Waals surface area contributed by atoms with Gasteiger partial charge in [-0.15, -0.1) is 0 Å². The van der Waals surface area contributed by atoms with Crippen LogP contribution in [0.5, 0.6) is 0 Å². The zero-order valence-electron chi connectivity index (χ0n) is 50.0. The average molecular weight is 1230 g/mol. The fourth-order valence-electron chi connectivity index (χ4n) is 6.64. The van der Waals surface area contributed by atoms with Gasteiger partial charge in [0.2, 0.25) is 0 Å². The summed E-state index contributed by atoms with van der Waals surface area (Å²) in [6.45, 7) is 12.7. The third-order valence-corrected chi connectivity index (χ3v) is 10.6. The Morgan fingerprint density at radius 2 is 0.708 bits per heavy atom. The Balaban J connectivity index is 0.000000634. The molecule has 1 spiro atoms. The summed E-state index contributed by atoms with van der Waals surface area (Å²) in [6, 6.07) is 12.5. The van der Waals surface area contributed by atoms with E-state index in [1.54, 1.807) is 13.0 Å². The van der Waals surface area contributed by atoms with Crippen LogP contribution in [-0.4, -0.2) is 16.6 Å². The maximum Gasteiger partial charge on any atom is 0.407 e. The molecule has 2 aliphatic rings. The van der Waals surface area contributed by atoms with E-state index >= 15 is 0 Å². The number of carbonyl (C=O) groups excluding carboxylic acids is 1. The summed E-state index contributed by atoms with van der Waals surface area (Å²) >= 11 is 5.69. The van der Waals surface area contributed by atoms with Crippen LogP contribution in [0.4, 0.5) is 30.2 Å². The molecule has 9 heteroatoms. The first-order valence-corrected chi connectivity index (χ1v) is 26.6. The first-order valence-electron chi connectivity index (χ1n) is 26.2. The highest BCUT2D eigenvalue weighted by molar-refractivity contribution is 7.81. The number of halogens is 3. The van der Waals surface area contributed by atoms with Crippen molar-refractivity contribution in [1.29, 1.82) is 5.26 Å². The van der Waals surface area contributed by atoms with Crippen LogP contribution in [0.2, 0.25) is 0 Å². The van der Waals surface area contributed by atoms with Crippen molar-refractivity contribution in [3.05, 3.63) is 65.0 Å². The normalized spacial score (nSPS) is 10.3. The molecule has 5 nitrogen and oxygen atoms in total. The van der Waals surface area contributed by atoms with E-state index in [0.29, 0.717) is 6.42 Å². The van der Waals surface area contributed by atoms with Crippen molar-refractivity contribution < 1.29 is 18.0 Å². The van der Waals surface area contributed by atoms with Gasteiger partial charge in [-0.3, -0.25) is 9.69 Å². The number of nitriles is 1. The van der Waals surface area contributed by atoms with Crippen LogP contribution in [0.3, 0.4) is 0 Å². The highest BCUT2D eigenvalue weighted by Gasteiger charge is 2.61. The summed E-state index contributed by atoms with van der Waals surface area (Å²) in [5.41, 5.74) is -0.679. The van der Waals surface area contributed by atoms with Gasteiger partial charge in [-0.25, -0.2) is 4.85 Å². The molecule has 1 amide bonds. The third kappa shape index (κ3) is 30.3. The lowest BCUT2D eigenvalue weighted by Crippen LogP contribution is -2.52. The minimum Gasteiger partial charge on any atom is -0.303 e. The van der Waals surface area contributed by atoms with Crippen LogP contribution in [0, 0.1) is 398 Å². The molecule has 2 aromatic rings. The second kappa shape index (κ2) is 47.1. The Labute approximate surface area is 565 Å². The molecular weight excluding hydrogens is 1210 g/mol. The van der Waals surface area contributed by atoms with Gasteiger partial charge >= 0.3 is 6.18 Å². The van der Waals surface area contributed by atoms with Gasteiger partial charge in [-0.2, -0.15) is 18.4 Å². The molecular formula is C87H23F3N4OS. The van der Waals surface area contributed by atoms with Crippen LogP contribution in [0.25, 0.3) is 4.85 Å². The number of rotatable bonds is 2. The highest BCUT2D eigenvalue weighted by Crippen LogP contribution is 2.50. The lowest BCUT2D eigenvalue weighted by Gasteiger charge is -2.36. The monoisotopic (exact) mass is 1230 g/mol. The molecule has 96 heavy (non-hydrogen) atoms. The predicted molar refractivity (Wildman–Crippen MR) is 370 cm³/mol. The molecule has 1 heterocycles. The van der Waals surface area contributed by atoms with Crippen LogP contribution in [0.15, 0.2) is 42.5 Å². The molecule has 0 aromatic heterocycles. The third-order valence-electron chi connectivity index (χ3n) is 10.3. The van der Waals surface area contributed by atoms with Gasteiger partial charge in [-0.05, 0) is 116 Å². The SMILES string of the molecule is CC#CC#CC#CC#CC#CC#CC#CC#CC#CC#CC#CC#CC#CC#CC#CC#CC#CC#CC#CC#CC#CC#CC#CC#CC#CC#CC#CC#CC#CC#CC#CC#N.[C-]#[N+]c1ccc(N2C(=O)C3(CCCC3C)N(c3ccc(C)cc3)C2=S)cc1C(F)(F)F. The van der Waals surface area contributed by atoms with Gasteiger partial charge in [0.15, 0.2) is 16.9 Å². The van der Waals surface area contributed by atoms with Gasteiger partial charge in [0.05, 0.1) is 12.1 Å². The van der Waals surface area contributed by atoms with E-state index in [1.165, 1.54) is 11.0 Å². The molecule has 2 fully saturated rings. The van der Waals surface area contributed by atoms with Crippen LogP contribution in [-0.2, 0) is 11.0 Å². The van der Waals surface area contributed by atoms with Gasteiger partial charge in [0, 0.05) is 325 Å². The summed E-state index contributed by atoms with van der Waals surface area (Å²) in [5, 5.41) is 8.36. The second-order valence-corrected chi connectivity index (χ2v) is 16.5. The van der Waals surface area contributed by atoms with E-state index < -0.39 is 23.0 Å². The molecule has 1 saturated heterocycles. The Morgan fingerprint density at radius 3 is 0.938 bits per heavy atom. The molecule has 1 aliphatic heterocycles. The molecule has 0 bridgehead atoms. The number of alkyl halides is 3. The van der Waals surface area contributed by atoms with Crippen molar-refractivity contribution in [1.82, 2.24) is 0 Å². The van der Waals surface area contributed by atoms with Gasteiger partial charge in [-0.1, -0.05) is 43.0 Å². The largest absolute Gasteiger partial charge is 0.407 e. The predicted octanol–water partition coefficient (Wildman–Crippen LogP) is 6.90. The first-order chi connectivity index (χ1) is 47.0. The molecule has 0 N–H and O–H groups in total. The average Bonchev–Trinajstić information content (AvgIpc) is 1.55. The fourth-order valence-corrected chi connectivity index (χ4v) is 7.10. The Morgan fingerprint density at radius 1 is 0.448 bits per heavy atom. The van der Waals surface area contributed by atoms with Crippen LogP contribution >= 0.6 is 12.2 Å². The van der Waals surface area contributed by atoms with E-state index in [-0.39, 0.29) is 22.6 Å². The number of amides is 1. The van der Waals surface area contributed by atoms with Crippen LogP contribution in [0.1, 0.15) is 44.2 Å². The molecule has 4 rings (SSSR count). The second-order valence-electron chi connectivity index (χ2n) is 16.1. The number of hydrogen-bond donors (Lipinski definition) is 0. The maximum atomic E-state index is 13.8. The van der Waals surface area contributed by atoms with E-state index in [4.69, 9.17) is 24.1 Å².